The second-order valence-corrected chi connectivity index (χ2v) is 11.3. The summed E-state index contributed by atoms with van der Waals surface area (Å²) in [4.78, 5) is 12.6. The number of rotatable bonds is 8. The van der Waals surface area contributed by atoms with Crippen LogP contribution in [-0.2, 0) is 14.8 Å². The molecule has 0 atom stereocenters. The molecule has 2 rings (SSSR count). The van der Waals surface area contributed by atoms with Gasteiger partial charge in [-0.05, 0) is 36.8 Å². The standard InChI is InChI=1S/C21H28N2O3S2/c1-17-9-8-10-18(15-17)23(28(25,26)19-11-6-5-7-12-19)16-20(24)22-13-14-27-21(2,3)4/h5-12,15H,13-14,16H2,1-4H3,(H,22,24). The Hall–Kier alpha value is -1.99. The van der Waals surface area contributed by atoms with Gasteiger partial charge in [0.1, 0.15) is 6.54 Å². The van der Waals surface area contributed by atoms with Crippen LogP contribution < -0.4 is 9.62 Å². The average molecular weight is 421 g/mol. The van der Waals surface area contributed by atoms with Crippen molar-refractivity contribution in [1.82, 2.24) is 5.32 Å². The lowest BCUT2D eigenvalue weighted by Crippen LogP contribution is -2.41. The summed E-state index contributed by atoms with van der Waals surface area (Å²) in [5, 5.41) is 2.83. The zero-order valence-corrected chi connectivity index (χ0v) is 18.4. The molecule has 2 aromatic rings. The molecule has 0 aliphatic heterocycles. The van der Waals surface area contributed by atoms with Crippen LogP contribution in [0.1, 0.15) is 26.3 Å². The van der Waals surface area contributed by atoms with Crippen LogP contribution in [0, 0.1) is 6.92 Å². The van der Waals surface area contributed by atoms with Crippen molar-refractivity contribution in [2.24, 2.45) is 0 Å². The topological polar surface area (TPSA) is 66.5 Å². The summed E-state index contributed by atoms with van der Waals surface area (Å²) in [6, 6.07) is 15.3. The first-order valence-corrected chi connectivity index (χ1v) is 11.6. The van der Waals surface area contributed by atoms with E-state index in [2.05, 4.69) is 26.1 Å². The number of amides is 1. The van der Waals surface area contributed by atoms with Gasteiger partial charge in [-0.3, -0.25) is 9.10 Å². The van der Waals surface area contributed by atoms with Gasteiger partial charge in [-0.2, -0.15) is 11.8 Å². The van der Waals surface area contributed by atoms with E-state index < -0.39 is 10.0 Å². The molecule has 0 bridgehead atoms. The lowest BCUT2D eigenvalue weighted by molar-refractivity contribution is -0.119. The van der Waals surface area contributed by atoms with Gasteiger partial charge in [0.2, 0.25) is 5.91 Å². The lowest BCUT2D eigenvalue weighted by atomic mass is 10.2. The highest BCUT2D eigenvalue weighted by Crippen LogP contribution is 2.24. The number of sulfonamides is 1. The van der Waals surface area contributed by atoms with Crippen molar-refractivity contribution >= 4 is 33.4 Å². The number of nitrogens with one attached hydrogen (secondary N) is 1. The van der Waals surface area contributed by atoms with Crippen molar-refractivity contribution in [1.29, 1.82) is 0 Å². The normalized spacial score (nSPS) is 11.9. The smallest absolute Gasteiger partial charge is 0.264 e. The molecule has 0 fully saturated rings. The van der Waals surface area contributed by atoms with E-state index in [1.165, 1.54) is 16.4 Å². The van der Waals surface area contributed by atoms with E-state index in [0.717, 1.165) is 11.3 Å². The molecule has 0 unspecified atom stereocenters. The minimum absolute atomic E-state index is 0.120. The van der Waals surface area contributed by atoms with Gasteiger partial charge in [0.25, 0.3) is 10.0 Å². The highest BCUT2D eigenvalue weighted by atomic mass is 32.2. The number of nitrogens with zero attached hydrogens (tertiary/aromatic N) is 1. The molecular weight excluding hydrogens is 392 g/mol. The predicted molar refractivity (Wildman–Crippen MR) is 117 cm³/mol. The molecular formula is C21H28N2O3S2. The van der Waals surface area contributed by atoms with Crippen LogP contribution in [-0.4, -0.2) is 37.9 Å². The molecule has 7 heteroatoms. The second kappa shape index (κ2) is 9.47. The Labute approximate surface area is 172 Å². The van der Waals surface area contributed by atoms with Gasteiger partial charge in [-0.25, -0.2) is 8.42 Å². The Morgan fingerprint density at radius 2 is 1.75 bits per heavy atom. The Bertz CT molecular complexity index is 891. The number of hydrogen-bond donors (Lipinski definition) is 1. The SMILES string of the molecule is Cc1cccc(N(CC(=O)NCCSC(C)(C)C)S(=O)(=O)c2ccccc2)c1. The summed E-state index contributed by atoms with van der Waals surface area (Å²) in [5.41, 5.74) is 1.40. The molecule has 0 spiro atoms. The lowest BCUT2D eigenvalue weighted by Gasteiger charge is -2.24. The minimum Gasteiger partial charge on any atom is -0.354 e. The summed E-state index contributed by atoms with van der Waals surface area (Å²) in [6.07, 6.45) is 0. The molecule has 152 valence electrons. The summed E-state index contributed by atoms with van der Waals surface area (Å²) >= 11 is 1.75. The third kappa shape index (κ3) is 6.56. The van der Waals surface area contributed by atoms with E-state index in [1.807, 2.05) is 13.0 Å². The van der Waals surface area contributed by atoms with Gasteiger partial charge >= 0.3 is 0 Å². The van der Waals surface area contributed by atoms with Gasteiger partial charge in [0, 0.05) is 17.0 Å². The van der Waals surface area contributed by atoms with Crippen molar-refractivity contribution in [3.8, 4) is 0 Å². The van der Waals surface area contributed by atoms with E-state index in [1.54, 1.807) is 48.2 Å². The van der Waals surface area contributed by atoms with Crippen molar-refractivity contribution in [2.45, 2.75) is 37.3 Å². The zero-order valence-electron chi connectivity index (χ0n) is 16.8. The monoisotopic (exact) mass is 420 g/mol. The minimum atomic E-state index is -3.85. The van der Waals surface area contributed by atoms with Crippen LogP contribution in [0.4, 0.5) is 5.69 Å². The fraction of sp³-hybridized carbons (Fsp3) is 0.381. The summed E-state index contributed by atoms with van der Waals surface area (Å²) < 4.78 is 27.7. The Balaban J connectivity index is 2.19. The zero-order chi connectivity index (χ0) is 20.8. The maximum Gasteiger partial charge on any atom is 0.264 e. The van der Waals surface area contributed by atoms with Gasteiger partial charge in [0.05, 0.1) is 10.6 Å². The molecule has 28 heavy (non-hydrogen) atoms. The highest BCUT2D eigenvalue weighted by molar-refractivity contribution is 8.00. The molecule has 0 saturated heterocycles. The fourth-order valence-corrected chi connectivity index (χ4v) is 4.80. The van der Waals surface area contributed by atoms with Crippen LogP contribution in [0.2, 0.25) is 0 Å². The van der Waals surface area contributed by atoms with Gasteiger partial charge in [-0.15, -0.1) is 0 Å². The Morgan fingerprint density at radius 1 is 1.07 bits per heavy atom. The summed E-state index contributed by atoms with van der Waals surface area (Å²) in [5.74, 6) is 0.445. The van der Waals surface area contributed by atoms with Crippen molar-refractivity contribution in [2.75, 3.05) is 23.1 Å². The molecule has 0 saturated carbocycles. The number of hydrogen-bond acceptors (Lipinski definition) is 4. The Morgan fingerprint density at radius 3 is 2.36 bits per heavy atom. The quantitative estimate of drug-likeness (QED) is 0.659. The van der Waals surface area contributed by atoms with Crippen LogP contribution in [0.25, 0.3) is 0 Å². The first kappa shape index (κ1) is 22.3. The van der Waals surface area contributed by atoms with Crippen LogP contribution >= 0.6 is 11.8 Å². The van der Waals surface area contributed by atoms with Crippen molar-refractivity contribution < 1.29 is 13.2 Å². The van der Waals surface area contributed by atoms with Crippen LogP contribution in [0.5, 0.6) is 0 Å². The third-order valence-electron chi connectivity index (χ3n) is 3.87. The molecule has 5 nitrogen and oxygen atoms in total. The molecule has 1 N–H and O–H groups in total. The van der Waals surface area contributed by atoms with E-state index in [4.69, 9.17) is 0 Å². The van der Waals surface area contributed by atoms with Gasteiger partial charge in [0.15, 0.2) is 0 Å². The summed E-state index contributed by atoms with van der Waals surface area (Å²) in [6.45, 7) is 8.47. The van der Waals surface area contributed by atoms with Crippen LogP contribution in [0.15, 0.2) is 59.5 Å². The number of carbonyl (C=O) groups excluding carboxylic acids is 1. The van der Waals surface area contributed by atoms with Crippen molar-refractivity contribution in [3.63, 3.8) is 0 Å². The predicted octanol–water partition coefficient (Wildman–Crippen LogP) is 3.84. The van der Waals surface area contributed by atoms with Crippen molar-refractivity contribution in [3.05, 3.63) is 60.2 Å². The molecule has 0 heterocycles. The third-order valence-corrected chi connectivity index (χ3v) is 6.93. The Kier molecular flexibility index (Phi) is 7.55. The van der Waals surface area contributed by atoms with E-state index in [-0.39, 0.29) is 22.1 Å². The van der Waals surface area contributed by atoms with E-state index in [0.29, 0.717) is 12.2 Å². The number of thioether (sulfide) groups is 1. The number of benzene rings is 2. The molecule has 0 aromatic heterocycles. The van der Waals surface area contributed by atoms with E-state index in [9.17, 15) is 13.2 Å². The largest absolute Gasteiger partial charge is 0.354 e. The second-order valence-electron chi connectivity index (χ2n) is 7.47. The highest BCUT2D eigenvalue weighted by Gasteiger charge is 2.27. The fourth-order valence-electron chi connectivity index (χ4n) is 2.55. The maximum absolute atomic E-state index is 13.2. The maximum atomic E-state index is 13.2. The molecule has 0 aliphatic carbocycles. The first-order chi connectivity index (χ1) is 13.1. The molecule has 0 aliphatic rings. The molecule has 2 aromatic carbocycles. The number of anilines is 1. The number of carbonyl (C=O) groups is 1. The van der Waals surface area contributed by atoms with Gasteiger partial charge in [-0.1, -0.05) is 51.1 Å². The van der Waals surface area contributed by atoms with Gasteiger partial charge < -0.3 is 5.32 Å². The summed E-state index contributed by atoms with van der Waals surface area (Å²) in [7, 11) is -3.85. The van der Waals surface area contributed by atoms with E-state index >= 15 is 0 Å². The average Bonchev–Trinajstić information content (AvgIpc) is 2.63. The first-order valence-electron chi connectivity index (χ1n) is 9.15. The molecule has 1 amide bonds. The number of aryl methyl sites for hydroxylation is 1. The molecule has 0 radical (unpaired) electrons. The van der Waals surface area contributed by atoms with Crippen LogP contribution in [0.3, 0.4) is 0 Å².